The quantitative estimate of drug-likeness (QED) is 0.528. The van der Waals surface area contributed by atoms with Crippen LogP contribution in [0.25, 0.3) is 11.8 Å². The van der Waals surface area contributed by atoms with Gasteiger partial charge < -0.3 is 4.57 Å². The second-order valence-electron chi connectivity index (χ2n) is 8.89. The summed E-state index contributed by atoms with van der Waals surface area (Å²) in [6, 6.07) is 7.85. The Labute approximate surface area is 202 Å². The minimum Gasteiger partial charge on any atom is -0.318 e. The number of benzene rings is 1. The van der Waals surface area contributed by atoms with E-state index in [2.05, 4.69) is 9.56 Å². The number of nitrogens with zero attached hydrogens (tertiary/aromatic N) is 4. The summed E-state index contributed by atoms with van der Waals surface area (Å²) in [6.45, 7) is 6.08. The number of aromatic nitrogens is 1. The zero-order valence-corrected chi connectivity index (χ0v) is 20.6. The van der Waals surface area contributed by atoms with E-state index in [0.29, 0.717) is 16.1 Å². The maximum absolute atomic E-state index is 12.9. The van der Waals surface area contributed by atoms with Crippen molar-refractivity contribution >= 4 is 51.4 Å². The number of hydrogen-bond acceptors (Lipinski definition) is 4. The first-order valence-electron chi connectivity index (χ1n) is 11.3. The van der Waals surface area contributed by atoms with E-state index in [-0.39, 0.29) is 17.3 Å². The van der Waals surface area contributed by atoms with Gasteiger partial charge in [-0.2, -0.15) is 15.1 Å². The van der Waals surface area contributed by atoms with E-state index in [1.165, 1.54) is 36.0 Å². The van der Waals surface area contributed by atoms with Crippen molar-refractivity contribution in [3.63, 3.8) is 0 Å². The molecular formula is C25H26ClN5OS. The highest BCUT2D eigenvalue weighted by Gasteiger charge is 2.38. The number of hydrogen-bond donors (Lipinski definition) is 1. The van der Waals surface area contributed by atoms with Crippen LogP contribution in [0.1, 0.15) is 54.6 Å². The van der Waals surface area contributed by atoms with Gasteiger partial charge in [0.05, 0.1) is 5.57 Å². The molecule has 1 aliphatic carbocycles. The molecule has 0 unspecified atom stereocenters. The number of carbonyl (C=O) groups excluding carboxylic acids is 1. The number of aliphatic imine (C=N–C) groups is 1. The molecule has 2 aromatic rings. The number of thioether (sulfide) groups is 1. The lowest BCUT2D eigenvalue weighted by Gasteiger charge is -2.20. The number of amidine groups is 2. The van der Waals surface area contributed by atoms with Crippen LogP contribution in [0.15, 0.2) is 39.9 Å². The van der Waals surface area contributed by atoms with E-state index in [0.717, 1.165) is 46.1 Å². The Kier molecular flexibility index (Phi) is 5.79. The maximum Gasteiger partial charge on any atom is 0.283 e. The highest BCUT2D eigenvalue weighted by Crippen LogP contribution is 2.36. The molecule has 2 aliphatic heterocycles. The average Bonchev–Trinajstić information content (AvgIpc) is 3.34. The molecule has 3 heterocycles. The molecule has 1 amide bonds. The Hall–Kier alpha value is -2.64. The molecule has 0 saturated heterocycles. The van der Waals surface area contributed by atoms with Crippen LogP contribution in [0.5, 0.6) is 0 Å². The van der Waals surface area contributed by atoms with E-state index < -0.39 is 0 Å². The van der Waals surface area contributed by atoms with Crippen molar-refractivity contribution in [1.29, 1.82) is 5.41 Å². The largest absolute Gasteiger partial charge is 0.318 e. The third kappa shape index (κ3) is 3.97. The first-order valence-corrected chi connectivity index (χ1v) is 12.5. The standard InChI is InChI=1S/C25H26ClN5OS/c1-14-9-10-19(26)13-21(14)30-15(2)11-18(16(30)3)12-20-22(27)31-25(28-23(20)32)33-24(29-31)17-7-5-4-6-8-17/h9-13,17,27H,4-8H2,1-3H3/b20-12+,27-22?. The van der Waals surface area contributed by atoms with Gasteiger partial charge in [0.15, 0.2) is 5.84 Å². The van der Waals surface area contributed by atoms with Gasteiger partial charge in [-0.25, -0.2) is 0 Å². The van der Waals surface area contributed by atoms with Crippen LogP contribution < -0.4 is 0 Å². The molecular weight excluding hydrogens is 454 g/mol. The van der Waals surface area contributed by atoms with E-state index in [9.17, 15) is 4.79 Å². The van der Waals surface area contributed by atoms with E-state index in [1.54, 1.807) is 6.08 Å². The lowest BCUT2D eigenvalue weighted by Crippen LogP contribution is -2.35. The Balaban J connectivity index is 1.49. The van der Waals surface area contributed by atoms with Gasteiger partial charge in [0.2, 0.25) is 5.17 Å². The molecule has 170 valence electrons. The van der Waals surface area contributed by atoms with Crippen LogP contribution in [-0.2, 0) is 4.79 Å². The normalized spacial score (nSPS) is 20.4. The summed E-state index contributed by atoms with van der Waals surface area (Å²) < 4.78 is 2.13. The van der Waals surface area contributed by atoms with Gasteiger partial charge in [-0.3, -0.25) is 10.2 Å². The summed E-state index contributed by atoms with van der Waals surface area (Å²) in [5.74, 6) is 0.113. The molecule has 33 heavy (non-hydrogen) atoms. The second-order valence-corrected chi connectivity index (χ2v) is 10.3. The highest BCUT2D eigenvalue weighted by atomic mass is 35.5. The van der Waals surface area contributed by atoms with Crippen LogP contribution in [0.2, 0.25) is 5.02 Å². The molecule has 1 fully saturated rings. The molecule has 0 radical (unpaired) electrons. The molecule has 0 bridgehead atoms. The van der Waals surface area contributed by atoms with Crippen LogP contribution in [0, 0.1) is 32.1 Å². The van der Waals surface area contributed by atoms with Crippen molar-refractivity contribution in [3.8, 4) is 5.69 Å². The number of nitrogens with one attached hydrogen (secondary N) is 1. The number of rotatable bonds is 3. The van der Waals surface area contributed by atoms with Gasteiger partial charge in [0.1, 0.15) is 5.04 Å². The summed E-state index contributed by atoms with van der Waals surface area (Å²) in [6.07, 6.45) is 7.69. The Morgan fingerprint density at radius 2 is 1.91 bits per heavy atom. The molecule has 6 nitrogen and oxygen atoms in total. The van der Waals surface area contributed by atoms with Crippen LogP contribution in [-0.4, -0.2) is 31.5 Å². The zero-order valence-electron chi connectivity index (χ0n) is 19.0. The van der Waals surface area contributed by atoms with Crippen molar-refractivity contribution < 1.29 is 4.79 Å². The fraction of sp³-hybridized carbons (Fsp3) is 0.360. The molecule has 1 aromatic heterocycles. The minimum atomic E-state index is -0.386. The van der Waals surface area contributed by atoms with Crippen molar-refractivity contribution in [2.24, 2.45) is 16.0 Å². The van der Waals surface area contributed by atoms with E-state index in [4.69, 9.17) is 22.1 Å². The van der Waals surface area contributed by atoms with Crippen molar-refractivity contribution in [3.05, 3.63) is 57.4 Å². The third-order valence-corrected chi connectivity index (χ3v) is 7.91. The van der Waals surface area contributed by atoms with Crippen molar-refractivity contribution in [2.45, 2.75) is 52.9 Å². The molecule has 1 N–H and O–H groups in total. The van der Waals surface area contributed by atoms with Crippen molar-refractivity contribution in [1.82, 2.24) is 9.58 Å². The predicted molar refractivity (Wildman–Crippen MR) is 137 cm³/mol. The summed E-state index contributed by atoms with van der Waals surface area (Å²) in [7, 11) is 0. The molecule has 1 aromatic carbocycles. The number of carbonyl (C=O) groups is 1. The fourth-order valence-electron chi connectivity index (χ4n) is 4.80. The summed E-state index contributed by atoms with van der Waals surface area (Å²) in [5, 5.41) is 17.1. The van der Waals surface area contributed by atoms with Gasteiger partial charge in [-0.15, -0.1) is 0 Å². The fourth-order valence-corrected chi connectivity index (χ4v) is 6.03. The van der Waals surface area contributed by atoms with Gasteiger partial charge in [-0.05, 0) is 80.8 Å². The second kappa shape index (κ2) is 8.61. The summed E-state index contributed by atoms with van der Waals surface area (Å²) >= 11 is 7.71. The predicted octanol–water partition coefficient (Wildman–Crippen LogP) is 6.26. The van der Waals surface area contributed by atoms with Crippen LogP contribution >= 0.6 is 23.4 Å². The molecule has 0 atom stereocenters. The van der Waals surface area contributed by atoms with Gasteiger partial charge in [0.25, 0.3) is 5.91 Å². The van der Waals surface area contributed by atoms with E-state index >= 15 is 0 Å². The van der Waals surface area contributed by atoms with Crippen molar-refractivity contribution in [2.75, 3.05) is 0 Å². The summed E-state index contributed by atoms with van der Waals surface area (Å²) in [4.78, 5) is 17.2. The summed E-state index contributed by atoms with van der Waals surface area (Å²) in [5.41, 5.74) is 5.25. The molecule has 5 rings (SSSR count). The topological polar surface area (TPSA) is 73.8 Å². The van der Waals surface area contributed by atoms with Gasteiger partial charge in [-0.1, -0.05) is 36.9 Å². The smallest absolute Gasteiger partial charge is 0.283 e. The van der Waals surface area contributed by atoms with Crippen LogP contribution in [0.4, 0.5) is 0 Å². The van der Waals surface area contributed by atoms with E-state index in [1.807, 2.05) is 45.0 Å². The molecule has 0 spiro atoms. The molecule has 1 saturated carbocycles. The van der Waals surface area contributed by atoms with Gasteiger partial charge >= 0.3 is 0 Å². The highest BCUT2D eigenvalue weighted by molar-refractivity contribution is 8.27. The monoisotopic (exact) mass is 479 g/mol. The maximum atomic E-state index is 12.9. The van der Waals surface area contributed by atoms with Crippen LogP contribution in [0.3, 0.4) is 0 Å². The number of fused-ring (bicyclic) bond motifs is 1. The third-order valence-electron chi connectivity index (χ3n) is 6.61. The van der Waals surface area contributed by atoms with Gasteiger partial charge in [0, 0.05) is 28.0 Å². The number of amides is 1. The number of halogens is 1. The molecule has 3 aliphatic rings. The minimum absolute atomic E-state index is 0.0899. The zero-order chi connectivity index (χ0) is 23.3. The Bertz CT molecular complexity index is 1270. The first-order chi connectivity index (χ1) is 15.8. The number of aryl methyl sites for hydroxylation is 2. The Morgan fingerprint density at radius 1 is 1.15 bits per heavy atom. The Morgan fingerprint density at radius 3 is 2.67 bits per heavy atom. The SMILES string of the molecule is Cc1ccc(Cl)cc1-n1c(C)cc(/C=C2\C(=N)N3N=C(C4CCCCC4)SC3=NC2=O)c1C. The molecule has 8 heteroatoms. The lowest BCUT2D eigenvalue weighted by molar-refractivity contribution is -0.114. The average molecular weight is 480 g/mol. The number of hydrazone groups is 1. The first kappa shape index (κ1) is 22.2. The lowest BCUT2D eigenvalue weighted by atomic mass is 9.90.